The van der Waals surface area contributed by atoms with Crippen LogP contribution in [-0.4, -0.2) is 6.29 Å². The lowest BCUT2D eigenvalue weighted by atomic mass is 9.94. The lowest BCUT2D eigenvalue weighted by Crippen LogP contribution is -1.98. The van der Waals surface area contributed by atoms with Crippen molar-refractivity contribution < 1.29 is 4.79 Å². The van der Waals surface area contributed by atoms with E-state index in [0.29, 0.717) is 6.42 Å². The molecule has 1 aliphatic rings. The number of hydrogen-bond acceptors (Lipinski definition) is 1. The van der Waals surface area contributed by atoms with Crippen molar-refractivity contribution in [1.29, 1.82) is 0 Å². The second kappa shape index (κ2) is 7.11. The zero-order valence-electron chi connectivity index (χ0n) is 8.56. The fourth-order valence-electron chi connectivity index (χ4n) is 2.28. The summed E-state index contributed by atoms with van der Waals surface area (Å²) in [6.07, 6.45) is 14.9. The largest absolute Gasteiger partial charge is 0.291 e. The highest BCUT2D eigenvalue weighted by molar-refractivity contribution is 5.50. The third-order valence-electron chi connectivity index (χ3n) is 3.12. The normalized spacial score (nSPS) is 19.7. The Balaban J connectivity index is 2.01. The Hall–Kier alpha value is -0.330. The molecule has 1 radical (unpaired) electrons. The quantitative estimate of drug-likeness (QED) is 0.467. The van der Waals surface area contributed by atoms with Gasteiger partial charge >= 0.3 is 0 Å². The van der Waals surface area contributed by atoms with Crippen molar-refractivity contribution in [2.45, 2.75) is 64.2 Å². The first kappa shape index (κ1) is 10.7. The van der Waals surface area contributed by atoms with Crippen LogP contribution < -0.4 is 0 Å². The molecule has 0 amide bonds. The summed E-state index contributed by atoms with van der Waals surface area (Å²) in [5.41, 5.74) is 0. The second-order valence-electron chi connectivity index (χ2n) is 4.25. The van der Waals surface area contributed by atoms with Gasteiger partial charge < -0.3 is 0 Å². The Labute approximate surface area is 81.9 Å². The van der Waals surface area contributed by atoms with Gasteiger partial charge in [-0.05, 0) is 12.3 Å². The van der Waals surface area contributed by atoms with Crippen LogP contribution in [0.3, 0.4) is 0 Å². The first-order valence-corrected chi connectivity index (χ1v) is 5.78. The molecule has 0 unspecified atom stereocenters. The van der Waals surface area contributed by atoms with Crippen LogP contribution in [0.2, 0.25) is 0 Å². The van der Waals surface area contributed by atoms with Crippen molar-refractivity contribution in [2.24, 2.45) is 5.92 Å². The predicted octanol–water partition coefficient (Wildman–Crippen LogP) is 3.63. The summed E-state index contributed by atoms with van der Waals surface area (Å²) >= 11 is 0. The maximum absolute atomic E-state index is 9.99. The number of unbranched alkanes of at least 4 members (excludes halogenated alkanes) is 2. The Kier molecular flexibility index (Phi) is 5.88. The standard InChI is InChI=1S/C12H21O/c13-11-7-3-6-10-12-8-4-1-2-5-9-12/h12H,1-10H2. The summed E-state index contributed by atoms with van der Waals surface area (Å²) in [6, 6.07) is 0. The molecule has 0 atom stereocenters. The molecule has 0 aliphatic heterocycles. The Morgan fingerprint density at radius 2 is 1.69 bits per heavy atom. The van der Waals surface area contributed by atoms with Gasteiger partial charge in [-0.3, -0.25) is 4.79 Å². The van der Waals surface area contributed by atoms with E-state index < -0.39 is 0 Å². The zero-order valence-corrected chi connectivity index (χ0v) is 8.56. The molecular formula is C12H21O. The Bertz CT molecular complexity index is 123. The highest BCUT2D eigenvalue weighted by Crippen LogP contribution is 2.26. The molecule has 0 aromatic carbocycles. The number of rotatable bonds is 5. The van der Waals surface area contributed by atoms with Crippen molar-refractivity contribution in [1.82, 2.24) is 0 Å². The molecule has 1 saturated carbocycles. The summed E-state index contributed by atoms with van der Waals surface area (Å²) in [5, 5.41) is 0. The molecule has 1 heteroatoms. The second-order valence-corrected chi connectivity index (χ2v) is 4.25. The molecule has 0 spiro atoms. The average Bonchev–Trinajstić information content (AvgIpc) is 2.41. The lowest BCUT2D eigenvalue weighted by Gasteiger charge is -2.12. The molecule has 1 fully saturated rings. The summed E-state index contributed by atoms with van der Waals surface area (Å²) < 4.78 is 0. The van der Waals surface area contributed by atoms with Crippen LogP contribution in [0, 0.1) is 5.92 Å². The van der Waals surface area contributed by atoms with Crippen LogP contribution in [0.5, 0.6) is 0 Å². The van der Waals surface area contributed by atoms with Gasteiger partial charge in [-0.1, -0.05) is 51.4 Å². The first-order chi connectivity index (χ1) is 6.43. The highest BCUT2D eigenvalue weighted by atomic mass is 16.1. The van der Waals surface area contributed by atoms with Gasteiger partial charge in [0.2, 0.25) is 0 Å². The number of hydrogen-bond donors (Lipinski definition) is 0. The van der Waals surface area contributed by atoms with Crippen LogP contribution in [0.4, 0.5) is 0 Å². The predicted molar refractivity (Wildman–Crippen MR) is 55.4 cm³/mol. The van der Waals surface area contributed by atoms with Gasteiger partial charge in [-0.25, -0.2) is 0 Å². The van der Waals surface area contributed by atoms with Gasteiger partial charge in [-0.2, -0.15) is 0 Å². The SMILES string of the molecule is O=[C]CCCCC1CCCCCC1. The van der Waals surface area contributed by atoms with Crippen molar-refractivity contribution >= 4 is 6.29 Å². The van der Waals surface area contributed by atoms with E-state index in [1.165, 1.54) is 51.4 Å². The third-order valence-corrected chi connectivity index (χ3v) is 3.12. The minimum atomic E-state index is 0.646. The minimum Gasteiger partial charge on any atom is -0.291 e. The topological polar surface area (TPSA) is 17.1 Å². The lowest BCUT2D eigenvalue weighted by molar-refractivity contribution is 0.410. The molecule has 0 aromatic rings. The van der Waals surface area contributed by atoms with E-state index in [1.54, 1.807) is 0 Å². The van der Waals surface area contributed by atoms with E-state index in [0.717, 1.165) is 12.3 Å². The van der Waals surface area contributed by atoms with E-state index in [4.69, 9.17) is 0 Å². The van der Waals surface area contributed by atoms with E-state index in [9.17, 15) is 4.79 Å². The molecule has 1 nitrogen and oxygen atoms in total. The maximum Gasteiger partial charge on any atom is 0.198 e. The molecule has 0 heterocycles. The van der Waals surface area contributed by atoms with Gasteiger partial charge in [0.15, 0.2) is 6.29 Å². The molecule has 0 bridgehead atoms. The monoisotopic (exact) mass is 181 g/mol. The smallest absolute Gasteiger partial charge is 0.198 e. The first-order valence-electron chi connectivity index (χ1n) is 5.78. The fraction of sp³-hybridized carbons (Fsp3) is 0.917. The van der Waals surface area contributed by atoms with Crippen molar-refractivity contribution in [3.63, 3.8) is 0 Å². The number of carbonyl (C=O) groups excluding carboxylic acids is 1. The molecule has 1 rings (SSSR count). The fourth-order valence-corrected chi connectivity index (χ4v) is 2.28. The summed E-state index contributed by atoms with van der Waals surface area (Å²) in [6.45, 7) is 0. The van der Waals surface area contributed by atoms with Crippen LogP contribution in [0.1, 0.15) is 64.2 Å². The van der Waals surface area contributed by atoms with Crippen molar-refractivity contribution in [2.75, 3.05) is 0 Å². The Morgan fingerprint density at radius 3 is 2.31 bits per heavy atom. The van der Waals surface area contributed by atoms with Gasteiger partial charge in [0.25, 0.3) is 0 Å². The molecule has 1 aliphatic carbocycles. The van der Waals surface area contributed by atoms with Crippen molar-refractivity contribution in [3.05, 3.63) is 0 Å². The van der Waals surface area contributed by atoms with E-state index in [2.05, 4.69) is 0 Å². The summed E-state index contributed by atoms with van der Waals surface area (Å²) in [5.74, 6) is 0.967. The summed E-state index contributed by atoms with van der Waals surface area (Å²) in [4.78, 5) is 9.99. The molecular weight excluding hydrogens is 160 g/mol. The summed E-state index contributed by atoms with van der Waals surface area (Å²) in [7, 11) is 0. The zero-order chi connectivity index (χ0) is 9.36. The van der Waals surface area contributed by atoms with Crippen LogP contribution in [0.15, 0.2) is 0 Å². The third kappa shape index (κ3) is 5.07. The average molecular weight is 181 g/mol. The van der Waals surface area contributed by atoms with E-state index >= 15 is 0 Å². The van der Waals surface area contributed by atoms with E-state index in [-0.39, 0.29) is 0 Å². The van der Waals surface area contributed by atoms with Crippen molar-refractivity contribution in [3.8, 4) is 0 Å². The van der Waals surface area contributed by atoms with Gasteiger partial charge in [0.05, 0.1) is 0 Å². The van der Waals surface area contributed by atoms with Crippen LogP contribution in [-0.2, 0) is 4.79 Å². The minimum absolute atomic E-state index is 0.646. The van der Waals surface area contributed by atoms with Crippen LogP contribution in [0.25, 0.3) is 0 Å². The van der Waals surface area contributed by atoms with Gasteiger partial charge in [0.1, 0.15) is 0 Å². The van der Waals surface area contributed by atoms with Gasteiger partial charge in [-0.15, -0.1) is 0 Å². The molecule has 13 heavy (non-hydrogen) atoms. The maximum atomic E-state index is 9.99. The molecule has 0 N–H and O–H groups in total. The van der Waals surface area contributed by atoms with Crippen LogP contribution >= 0.6 is 0 Å². The van der Waals surface area contributed by atoms with E-state index in [1.807, 2.05) is 6.29 Å². The van der Waals surface area contributed by atoms with Gasteiger partial charge in [0, 0.05) is 6.42 Å². The molecule has 0 aromatic heterocycles. The Morgan fingerprint density at radius 1 is 1.00 bits per heavy atom. The molecule has 0 saturated heterocycles. The molecule has 75 valence electrons. The highest BCUT2D eigenvalue weighted by Gasteiger charge is 2.11.